The molecule has 1 aliphatic rings. The van der Waals surface area contributed by atoms with E-state index in [1.165, 1.54) is 0 Å². The van der Waals surface area contributed by atoms with Crippen LogP contribution in [0.2, 0.25) is 0 Å². The minimum atomic E-state index is -3.12. The number of hydrogen-bond donors (Lipinski definition) is 2. The van der Waals surface area contributed by atoms with Crippen molar-refractivity contribution in [2.24, 2.45) is 0 Å². The van der Waals surface area contributed by atoms with Gasteiger partial charge >= 0.3 is 7.67 Å². The smallest absolute Gasteiger partial charge is 0.298 e. The second-order valence-electron chi connectivity index (χ2n) is 4.28. The molecule has 1 aliphatic heterocycles. The third kappa shape index (κ3) is 2.25. The lowest BCUT2D eigenvalue weighted by Crippen LogP contribution is -2.07. The summed E-state index contributed by atoms with van der Waals surface area (Å²) < 4.78 is 18.1. The van der Waals surface area contributed by atoms with Crippen LogP contribution in [0.15, 0.2) is 48.5 Å². The number of nitrogens with one attached hydrogen (secondary N) is 2. The first-order valence-electron chi connectivity index (χ1n) is 6.21. The van der Waals surface area contributed by atoms with Crippen molar-refractivity contribution >= 4 is 19.0 Å². The van der Waals surface area contributed by atoms with E-state index in [1.54, 1.807) is 0 Å². The molecule has 0 spiro atoms. The molecule has 0 bridgehead atoms. The molecule has 0 fully saturated rings. The van der Waals surface area contributed by atoms with Crippen LogP contribution >= 0.6 is 7.67 Å². The second kappa shape index (κ2) is 4.72. The summed E-state index contributed by atoms with van der Waals surface area (Å²) in [6.07, 6.45) is 0. The lowest BCUT2D eigenvalue weighted by Gasteiger charge is -2.19. The van der Waals surface area contributed by atoms with Crippen LogP contribution in [0.3, 0.4) is 0 Å². The summed E-state index contributed by atoms with van der Waals surface area (Å²) in [6.45, 7) is 2.20. The highest BCUT2D eigenvalue weighted by Gasteiger charge is 2.28. The van der Waals surface area contributed by atoms with E-state index in [0.29, 0.717) is 6.61 Å². The maximum Gasteiger partial charge on any atom is 0.391 e. The first-order valence-corrected chi connectivity index (χ1v) is 7.84. The second-order valence-corrected chi connectivity index (χ2v) is 6.09. The van der Waals surface area contributed by atoms with Crippen LogP contribution in [0.25, 0.3) is 11.1 Å². The van der Waals surface area contributed by atoms with Crippen molar-refractivity contribution in [2.45, 2.75) is 6.92 Å². The molecule has 0 atom stereocenters. The summed E-state index contributed by atoms with van der Waals surface area (Å²) in [5.41, 5.74) is 3.67. The summed E-state index contributed by atoms with van der Waals surface area (Å²) in [4.78, 5) is 0. The Kier molecular flexibility index (Phi) is 3.05. The zero-order valence-corrected chi connectivity index (χ0v) is 11.5. The Labute approximate surface area is 112 Å². The molecule has 1 heterocycles. The normalized spacial score (nSPS) is 15.4. The summed E-state index contributed by atoms with van der Waals surface area (Å²) >= 11 is 0. The molecule has 4 nitrogen and oxygen atoms in total. The average molecular weight is 274 g/mol. The predicted octanol–water partition coefficient (Wildman–Crippen LogP) is 4.34. The molecule has 0 aliphatic carbocycles. The van der Waals surface area contributed by atoms with E-state index in [4.69, 9.17) is 4.52 Å². The highest BCUT2D eigenvalue weighted by atomic mass is 31.2. The maximum atomic E-state index is 12.7. The summed E-state index contributed by atoms with van der Waals surface area (Å²) in [7, 11) is -3.12. The van der Waals surface area contributed by atoms with Gasteiger partial charge in [-0.05, 0) is 19.1 Å². The van der Waals surface area contributed by atoms with Gasteiger partial charge in [0.15, 0.2) is 0 Å². The van der Waals surface area contributed by atoms with Crippen molar-refractivity contribution in [3.8, 4) is 11.1 Å². The van der Waals surface area contributed by atoms with Gasteiger partial charge in [-0.15, -0.1) is 0 Å². The Balaban J connectivity index is 2.21. The van der Waals surface area contributed by atoms with Crippen molar-refractivity contribution < 1.29 is 9.09 Å². The van der Waals surface area contributed by atoms with Crippen LogP contribution in [0.4, 0.5) is 11.4 Å². The Bertz CT molecular complexity index is 606. The highest BCUT2D eigenvalue weighted by Crippen LogP contribution is 2.53. The van der Waals surface area contributed by atoms with Gasteiger partial charge < -0.3 is 0 Å². The van der Waals surface area contributed by atoms with Crippen molar-refractivity contribution in [1.82, 2.24) is 0 Å². The molecule has 2 aromatic carbocycles. The van der Waals surface area contributed by atoms with Gasteiger partial charge in [0.2, 0.25) is 0 Å². The third-order valence-electron chi connectivity index (χ3n) is 2.99. The fraction of sp³-hybridized carbons (Fsp3) is 0.143. The van der Waals surface area contributed by atoms with Crippen molar-refractivity contribution in [3.63, 3.8) is 0 Å². The molecule has 19 heavy (non-hydrogen) atoms. The molecule has 5 heteroatoms. The number of para-hydroxylation sites is 2. The average Bonchev–Trinajstić information content (AvgIpc) is 2.52. The summed E-state index contributed by atoms with van der Waals surface area (Å²) in [6, 6.07) is 15.6. The monoisotopic (exact) mass is 274 g/mol. The van der Waals surface area contributed by atoms with E-state index in [2.05, 4.69) is 10.2 Å². The fourth-order valence-corrected chi connectivity index (χ4v) is 3.80. The lowest BCUT2D eigenvalue weighted by molar-refractivity contribution is 0.341. The van der Waals surface area contributed by atoms with Gasteiger partial charge in [0.25, 0.3) is 0 Å². The molecular weight excluding hydrogens is 259 g/mol. The highest BCUT2D eigenvalue weighted by molar-refractivity contribution is 7.62. The van der Waals surface area contributed by atoms with E-state index < -0.39 is 7.67 Å². The lowest BCUT2D eigenvalue weighted by atomic mass is 10.0. The van der Waals surface area contributed by atoms with Gasteiger partial charge in [0.1, 0.15) is 0 Å². The molecular formula is C14H15N2O2P. The van der Waals surface area contributed by atoms with E-state index in [-0.39, 0.29) is 0 Å². The third-order valence-corrected chi connectivity index (χ3v) is 4.68. The summed E-state index contributed by atoms with van der Waals surface area (Å²) in [5.74, 6) is 0. The zero-order chi connectivity index (χ0) is 13.3. The molecule has 0 unspecified atom stereocenters. The molecule has 0 amide bonds. The van der Waals surface area contributed by atoms with Crippen molar-refractivity contribution in [1.29, 1.82) is 0 Å². The van der Waals surface area contributed by atoms with Crippen LogP contribution in [0.5, 0.6) is 0 Å². The molecule has 2 N–H and O–H groups in total. The minimum absolute atomic E-state index is 0.377. The molecule has 0 radical (unpaired) electrons. The van der Waals surface area contributed by atoms with Crippen LogP contribution in [-0.2, 0) is 9.09 Å². The van der Waals surface area contributed by atoms with Gasteiger partial charge in [-0.3, -0.25) is 14.7 Å². The Morgan fingerprint density at radius 1 is 0.947 bits per heavy atom. The number of rotatable bonds is 2. The molecule has 0 saturated heterocycles. The van der Waals surface area contributed by atoms with Crippen LogP contribution in [0, 0.1) is 0 Å². The number of hydrogen-bond acceptors (Lipinski definition) is 2. The topological polar surface area (TPSA) is 50.4 Å². The van der Waals surface area contributed by atoms with Crippen molar-refractivity contribution in [3.05, 3.63) is 48.5 Å². The molecule has 98 valence electrons. The first-order chi connectivity index (χ1) is 9.22. The first kappa shape index (κ1) is 12.3. The van der Waals surface area contributed by atoms with E-state index in [0.717, 1.165) is 22.5 Å². The summed E-state index contributed by atoms with van der Waals surface area (Å²) in [5, 5.41) is 6.01. The van der Waals surface area contributed by atoms with Gasteiger partial charge in [0, 0.05) is 11.1 Å². The SMILES string of the molecule is CCOP1(=O)Nc2ccccc2-c2ccccc2N1. The minimum Gasteiger partial charge on any atom is -0.298 e. The molecule has 2 aromatic rings. The van der Waals surface area contributed by atoms with Gasteiger partial charge in [0.05, 0.1) is 18.0 Å². The molecule has 3 rings (SSSR count). The number of benzene rings is 2. The molecule has 0 aromatic heterocycles. The quantitative estimate of drug-likeness (QED) is 0.800. The van der Waals surface area contributed by atoms with Crippen LogP contribution < -0.4 is 10.2 Å². The van der Waals surface area contributed by atoms with E-state index >= 15 is 0 Å². The maximum absolute atomic E-state index is 12.7. The number of anilines is 2. The largest absolute Gasteiger partial charge is 0.391 e. The van der Waals surface area contributed by atoms with Gasteiger partial charge in [-0.25, -0.2) is 4.57 Å². The Morgan fingerprint density at radius 3 is 1.89 bits per heavy atom. The van der Waals surface area contributed by atoms with Crippen molar-refractivity contribution in [2.75, 3.05) is 16.8 Å². The van der Waals surface area contributed by atoms with Gasteiger partial charge in [-0.2, -0.15) is 0 Å². The predicted molar refractivity (Wildman–Crippen MR) is 78.4 cm³/mol. The standard InChI is InChI=1S/C14H15N2O2P/c1-2-18-19(17)15-13-9-5-3-7-11(13)12-8-4-6-10-14(12)16-19/h3-10H,2H2,1H3,(H2,15,16,17). The Morgan fingerprint density at radius 2 is 1.42 bits per heavy atom. The fourth-order valence-electron chi connectivity index (χ4n) is 2.22. The number of fused-ring (bicyclic) bond motifs is 3. The zero-order valence-electron chi connectivity index (χ0n) is 10.6. The van der Waals surface area contributed by atoms with Crippen LogP contribution in [0.1, 0.15) is 6.92 Å². The van der Waals surface area contributed by atoms with E-state index in [1.807, 2.05) is 55.5 Å². The van der Waals surface area contributed by atoms with Crippen LogP contribution in [-0.4, -0.2) is 6.61 Å². The van der Waals surface area contributed by atoms with Gasteiger partial charge in [-0.1, -0.05) is 36.4 Å². The van der Waals surface area contributed by atoms with E-state index in [9.17, 15) is 4.57 Å². The Hall–Kier alpha value is -1.77. The molecule has 0 saturated carbocycles.